The predicted octanol–water partition coefficient (Wildman–Crippen LogP) is 6.04. The van der Waals surface area contributed by atoms with E-state index in [2.05, 4.69) is 26.2 Å². The Morgan fingerprint density at radius 3 is 2.47 bits per heavy atom. The number of anilines is 2. The molecule has 240 valence electrons. The van der Waals surface area contributed by atoms with Crippen molar-refractivity contribution in [3.8, 4) is 11.5 Å². The number of aromatic nitrogens is 1. The molecule has 1 saturated heterocycles. The number of benzene rings is 3. The molecule has 3 amide bonds. The molecular weight excluding hydrogens is 709 g/mol. The van der Waals surface area contributed by atoms with Crippen molar-refractivity contribution >= 4 is 68.1 Å². The van der Waals surface area contributed by atoms with Crippen LogP contribution in [0.15, 0.2) is 81.0 Å². The predicted molar refractivity (Wildman–Crippen MR) is 179 cm³/mol. The molecule has 4 aromatic rings. The Bertz CT molecular complexity index is 1980. The highest BCUT2D eigenvalue weighted by Crippen LogP contribution is 2.69. The summed E-state index contributed by atoms with van der Waals surface area (Å²) in [5, 5.41) is 3.58. The number of carbonyl (C=O) groups excluding carboxylic acids is 3. The number of nitrogens with zero attached hydrogens (tertiary/aromatic N) is 1. The normalized spacial score (nSPS) is 27.0. The zero-order chi connectivity index (χ0) is 32.6. The van der Waals surface area contributed by atoms with Gasteiger partial charge in [-0.25, -0.2) is 4.39 Å². The minimum atomic E-state index is -0.508. The number of aromatic amines is 1. The van der Waals surface area contributed by atoms with Gasteiger partial charge < -0.3 is 19.8 Å². The smallest absolute Gasteiger partial charge is 0.305 e. The molecule has 0 spiro atoms. The van der Waals surface area contributed by atoms with Gasteiger partial charge in [0, 0.05) is 31.8 Å². The first-order valence-electron chi connectivity index (χ1n) is 15.1. The molecule has 4 aliphatic rings. The fourth-order valence-electron chi connectivity index (χ4n) is 8.12. The number of carbonyl (C=O) groups is 3. The van der Waals surface area contributed by atoms with Gasteiger partial charge in [-0.1, -0.05) is 27.3 Å². The first-order chi connectivity index (χ1) is 22.7. The summed E-state index contributed by atoms with van der Waals surface area (Å²) >= 11 is 6.35. The van der Waals surface area contributed by atoms with Crippen molar-refractivity contribution in [2.45, 2.75) is 22.6 Å². The molecule has 9 nitrogen and oxygen atoms in total. The van der Waals surface area contributed by atoms with E-state index >= 15 is 0 Å². The van der Waals surface area contributed by atoms with E-state index in [1.165, 1.54) is 29.2 Å². The maximum absolute atomic E-state index is 14.0. The molecule has 3 heterocycles. The van der Waals surface area contributed by atoms with Crippen molar-refractivity contribution in [3.05, 3.63) is 97.1 Å². The first-order valence-corrected chi connectivity index (χ1v) is 17.6. The summed E-state index contributed by atoms with van der Waals surface area (Å²) in [6.07, 6.45) is 0.719. The van der Waals surface area contributed by atoms with Crippen LogP contribution in [-0.2, 0) is 14.4 Å². The van der Waals surface area contributed by atoms with Gasteiger partial charge >= 0.3 is 4.87 Å². The van der Waals surface area contributed by atoms with Gasteiger partial charge in [-0.15, -0.1) is 11.8 Å². The first kappa shape index (κ1) is 30.4. The zero-order valence-electron chi connectivity index (χ0n) is 24.8. The molecule has 0 radical (unpaired) electrons. The van der Waals surface area contributed by atoms with Crippen molar-refractivity contribution in [1.82, 2.24) is 4.98 Å². The third-order valence-electron chi connectivity index (χ3n) is 9.85. The van der Waals surface area contributed by atoms with Crippen molar-refractivity contribution < 1.29 is 28.2 Å². The van der Waals surface area contributed by atoms with Crippen LogP contribution < -0.4 is 24.6 Å². The lowest BCUT2D eigenvalue weighted by Gasteiger charge is -2.43. The molecule has 2 N–H and O–H groups in total. The molecule has 2 bridgehead atoms. The summed E-state index contributed by atoms with van der Waals surface area (Å²) in [5.41, 5.74) is 1.78. The molecular formula is C34H27BrFN3O6S2. The number of imide groups is 1. The average Bonchev–Trinajstić information content (AvgIpc) is 3.80. The van der Waals surface area contributed by atoms with Crippen LogP contribution in [-0.4, -0.2) is 41.7 Å². The number of methoxy groups -OCH3 is 1. The number of hydrogen-bond acceptors (Lipinski definition) is 8. The van der Waals surface area contributed by atoms with E-state index in [4.69, 9.17) is 9.47 Å². The number of nitrogens with one attached hydrogen (secondary N) is 2. The van der Waals surface area contributed by atoms with Gasteiger partial charge in [0.25, 0.3) is 5.91 Å². The Hall–Kier alpha value is -3.94. The second-order valence-corrected chi connectivity index (χ2v) is 15.3. The SMILES string of the molecule is COc1ccc(NC(=O)COc2ccc(Br)cc2[C@H]2c3sc(=O)[nH]c3SC3C2[C@H]2C[C@@H]3C3C(=O)N(c4ccc(F)cc4)C(=O)C32)cc1. The monoisotopic (exact) mass is 735 g/mol. The number of thioether (sulfide) groups is 1. The second-order valence-electron chi connectivity index (χ2n) is 12.2. The van der Waals surface area contributed by atoms with E-state index in [0.29, 0.717) is 22.9 Å². The lowest BCUT2D eigenvalue weighted by Crippen LogP contribution is -2.42. The molecule has 4 unspecified atom stereocenters. The zero-order valence-corrected chi connectivity index (χ0v) is 28.0. The van der Waals surface area contributed by atoms with E-state index in [1.54, 1.807) is 43.1 Å². The van der Waals surface area contributed by atoms with Crippen LogP contribution in [0, 0.1) is 35.4 Å². The summed E-state index contributed by atoms with van der Waals surface area (Å²) in [7, 11) is 1.57. The number of ether oxygens (including phenoxy) is 2. The van der Waals surface area contributed by atoms with E-state index in [-0.39, 0.29) is 58.1 Å². The minimum absolute atomic E-state index is 0.0286. The summed E-state index contributed by atoms with van der Waals surface area (Å²) in [4.78, 5) is 58.4. The minimum Gasteiger partial charge on any atom is -0.497 e. The van der Waals surface area contributed by atoms with E-state index < -0.39 is 17.7 Å². The third kappa shape index (κ3) is 5.01. The number of hydrogen-bond donors (Lipinski definition) is 2. The summed E-state index contributed by atoms with van der Waals surface area (Å²) in [6, 6.07) is 18.0. The van der Waals surface area contributed by atoms with Gasteiger partial charge in [0.15, 0.2) is 6.61 Å². The average molecular weight is 737 g/mol. The van der Waals surface area contributed by atoms with Crippen molar-refractivity contribution in [2.75, 3.05) is 23.9 Å². The van der Waals surface area contributed by atoms with Crippen LogP contribution in [0.5, 0.6) is 11.5 Å². The largest absolute Gasteiger partial charge is 0.497 e. The molecule has 7 atom stereocenters. The number of fused-ring (bicyclic) bond motifs is 9. The molecule has 8 rings (SSSR count). The van der Waals surface area contributed by atoms with Gasteiger partial charge in [0.05, 0.1) is 29.7 Å². The van der Waals surface area contributed by atoms with Gasteiger partial charge in [-0.3, -0.25) is 24.1 Å². The van der Waals surface area contributed by atoms with Gasteiger partial charge in [0.2, 0.25) is 11.8 Å². The number of H-pyrrole nitrogens is 1. The summed E-state index contributed by atoms with van der Waals surface area (Å²) < 4.78 is 25.9. The Morgan fingerprint density at radius 1 is 1.02 bits per heavy atom. The maximum atomic E-state index is 14.0. The molecule has 2 aliphatic heterocycles. The molecule has 13 heteroatoms. The van der Waals surface area contributed by atoms with E-state index in [0.717, 1.165) is 37.7 Å². The number of thiazole rings is 1. The Morgan fingerprint density at radius 2 is 1.74 bits per heavy atom. The summed E-state index contributed by atoms with van der Waals surface area (Å²) in [5.74, 6) is -1.66. The van der Waals surface area contributed by atoms with Crippen molar-refractivity contribution in [3.63, 3.8) is 0 Å². The second kappa shape index (κ2) is 11.6. The lowest BCUT2D eigenvalue weighted by atomic mass is 9.68. The molecule has 2 saturated carbocycles. The number of halogens is 2. The lowest BCUT2D eigenvalue weighted by molar-refractivity contribution is -0.123. The topological polar surface area (TPSA) is 118 Å². The van der Waals surface area contributed by atoms with Gasteiger partial charge in [0.1, 0.15) is 17.3 Å². The molecule has 2 aliphatic carbocycles. The maximum Gasteiger partial charge on any atom is 0.305 e. The van der Waals surface area contributed by atoms with Crippen molar-refractivity contribution in [2.24, 2.45) is 29.6 Å². The molecule has 47 heavy (non-hydrogen) atoms. The highest BCUT2D eigenvalue weighted by Gasteiger charge is 2.69. The Labute approximate surface area is 285 Å². The highest BCUT2D eigenvalue weighted by atomic mass is 79.9. The van der Waals surface area contributed by atoms with E-state index in [1.807, 2.05) is 18.2 Å². The van der Waals surface area contributed by atoms with Crippen LogP contribution in [0.25, 0.3) is 0 Å². The van der Waals surface area contributed by atoms with Crippen LogP contribution in [0.1, 0.15) is 22.8 Å². The number of amides is 3. The molecule has 3 fully saturated rings. The highest BCUT2D eigenvalue weighted by molar-refractivity contribution is 9.10. The van der Waals surface area contributed by atoms with E-state index in [9.17, 15) is 23.6 Å². The van der Waals surface area contributed by atoms with Gasteiger partial charge in [-0.2, -0.15) is 0 Å². The quantitative estimate of drug-likeness (QED) is 0.222. The summed E-state index contributed by atoms with van der Waals surface area (Å²) in [6.45, 7) is -0.247. The van der Waals surface area contributed by atoms with Crippen LogP contribution in [0.2, 0.25) is 0 Å². The standard InChI is InChI=1S/C34H27BrFN3O6S2/c1-44-19-9-5-17(6-10-19)37-24(40)14-45-23-11-2-15(35)12-20(23)25-26-21-13-22(29(26)46-31-30(25)47-34(43)38-31)28-27(21)32(41)39(33(28)42)18-7-3-16(36)4-8-18/h2-12,21-22,25-29H,13-14H2,1H3,(H,37,40)(H,38,43)/t21-,22-,25-,26?,27?,28?,29?/m1/s1. The Balaban J connectivity index is 1.12. The fraction of sp³-hybridized carbons (Fsp3) is 0.294. The number of rotatable bonds is 7. The molecule has 1 aromatic heterocycles. The third-order valence-corrected chi connectivity index (χ3v) is 12.9. The fourth-order valence-corrected chi connectivity index (χ4v) is 11.4. The van der Waals surface area contributed by atoms with Gasteiger partial charge in [-0.05, 0) is 90.9 Å². The van der Waals surface area contributed by atoms with Crippen molar-refractivity contribution in [1.29, 1.82) is 0 Å². The van der Waals surface area contributed by atoms with Crippen LogP contribution in [0.4, 0.5) is 15.8 Å². The van der Waals surface area contributed by atoms with Crippen LogP contribution >= 0.6 is 39.0 Å². The van der Waals surface area contributed by atoms with Crippen LogP contribution in [0.3, 0.4) is 0 Å². The molecule has 3 aromatic carbocycles. The Kier molecular flexibility index (Phi) is 7.53.